The molecule has 5 heteroatoms. The van der Waals surface area contributed by atoms with Crippen LogP contribution >= 0.6 is 0 Å². The van der Waals surface area contributed by atoms with Gasteiger partial charge in [-0.15, -0.1) is 0 Å². The van der Waals surface area contributed by atoms with Crippen molar-refractivity contribution >= 4 is 19.6 Å². The zero-order valence-corrected chi connectivity index (χ0v) is 9.24. The van der Waals surface area contributed by atoms with E-state index in [1.54, 1.807) is 11.9 Å². The van der Waals surface area contributed by atoms with Crippen molar-refractivity contribution in [2.45, 2.75) is 32.2 Å². The van der Waals surface area contributed by atoms with Crippen molar-refractivity contribution in [2.75, 3.05) is 14.2 Å². The summed E-state index contributed by atoms with van der Waals surface area (Å²) in [6, 6.07) is 0. The van der Waals surface area contributed by atoms with Gasteiger partial charge in [0.1, 0.15) is 5.54 Å². The maximum atomic E-state index is 11.6. The van der Waals surface area contributed by atoms with Gasteiger partial charge in [0.2, 0.25) is 0 Å². The van der Waals surface area contributed by atoms with Crippen LogP contribution in [-0.2, 0) is 14.3 Å². The summed E-state index contributed by atoms with van der Waals surface area (Å²) < 4.78 is 4.75. The summed E-state index contributed by atoms with van der Waals surface area (Å²) in [5.74, 6) is -0.303. The van der Waals surface area contributed by atoms with Gasteiger partial charge in [-0.05, 0) is 19.9 Å². The highest BCUT2D eigenvalue weighted by Crippen LogP contribution is 2.23. The largest absolute Gasteiger partial charge is 0.468 e. The van der Waals surface area contributed by atoms with Gasteiger partial charge in [-0.2, -0.15) is 0 Å². The Morgan fingerprint density at radius 3 is 2.29 bits per heavy atom. The predicted molar refractivity (Wildman–Crippen MR) is 55.6 cm³/mol. The Morgan fingerprint density at radius 1 is 1.50 bits per heavy atom. The lowest BCUT2D eigenvalue weighted by Gasteiger charge is -2.36. The van der Waals surface area contributed by atoms with Crippen molar-refractivity contribution in [1.29, 1.82) is 0 Å². The smallest absolute Gasteiger partial charge is 0.325 e. The number of hydrogen-bond acceptors (Lipinski definition) is 4. The molecule has 0 amide bonds. The van der Waals surface area contributed by atoms with Crippen molar-refractivity contribution in [3.05, 3.63) is 0 Å². The number of nitrogens with zero attached hydrogens (tertiary/aromatic N) is 1. The van der Waals surface area contributed by atoms with Crippen molar-refractivity contribution in [3.63, 3.8) is 0 Å². The Bertz CT molecular complexity index is 204. The van der Waals surface area contributed by atoms with Crippen LogP contribution in [0.25, 0.3) is 0 Å². The molecule has 14 heavy (non-hydrogen) atoms. The SMILES string of the molecule is CCC(CC)(C(=O)OC)N(C)[B]C=O. The van der Waals surface area contributed by atoms with Crippen LogP contribution in [0.1, 0.15) is 26.7 Å². The molecular weight excluding hydrogens is 181 g/mol. The Hall–Kier alpha value is -0.835. The molecule has 0 unspecified atom stereocenters. The van der Waals surface area contributed by atoms with E-state index in [0.29, 0.717) is 19.0 Å². The van der Waals surface area contributed by atoms with Crippen LogP contribution in [0, 0.1) is 0 Å². The summed E-state index contributed by atoms with van der Waals surface area (Å²) in [5.41, 5.74) is -0.713. The first-order chi connectivity index (χ1) is 6.58. The lowest BCUT2D eigenvalue weighted by atomic mass is 9.81. The van der Waals surface area contributed by atoms with E-state index in [2.05, 4.69) is 0 Å². The molecule has 0 atom stereocenters. The Kier molecular flexibility index (Phi) is 5.46. The molecule has 1 radical (unpaired) electrons. The van der Waals surface area contributed by atoms with Crippen LogP contribution in [0.4, 0.5) is 0 Å². The highest BCUT2D eigenvalue weighted by atomic mass is 16.5. The van der Waals surface area contributed by atoms with Crippen LogP contribution in [0.15, 0.2) is 0 Å². The molecule has 0 rings (SSSR count). The van der Waals surface area contributed by atoms with Gasteiger partial charge in [0.05, 0.1) is 13.3 Å². The molecular formula is C9H17BNO3. The molecule has 0 bridgehead atoms. The molecule has 0 spiro atoms. The van der Waals surface area contributed by atoms with E-state index in [0.717, 1.165) is 0 Å². The molecule has 0 aromatic carbocycles. The molecule has 0 saturated heterocycles. The fourth-order valence-corrected chi connectivity index (χ4v) is 1.61. The number of esters is 1. The third-order valence-corrected chi connectivity index (χ3v) is 2.69. The molecule has 0 aliphatic carbocycles. The van der Waals surface area contributed by atoms with Crippen LogP contribution < -0.4 is 0 Å². The minimum absolute atomic E-state index is 0.303. The molecule has 79 valence electrons. The third kappa shape index (κ3) is 2.35. The zero-order valence-electron chi connectivity index (χ0n) is 9.24. The lowest BCUT2D eigenvalue weighted by molar-refractivity contribution is -0.152. The predicted octanol–water partition coefficient (Wildman–Crippen LogP) is 0.459. The van der Waals surface area contributed by atoms with Crippen molar-refractivity contribution in [2.24, 2.45) is 0 Å². The van der Waals surface area contributed by atoms with Crippen LogP contribution in [0.2, 0.25) is 0 Å². The van der Waals surface area contributed by atoms with Crippen molar-refractivity contribution in [1.82, 2.24) is 4.81 Å². The second kappa shape index (κ2) is 5.80. The molecule has 4 nitrogen and oxygen atoms in total. The summed E-state index contributed by atoms with van der Waals surface area (Å²) in [6.07, 6.45) is 1.89. The van der Waals surface area contributed by atoms with Crippen LogP contribution in [-0.4, -0.2) is 44.1 Å². The number of rotatable bonds is 6. The van der Waals surface area contributed by atoms with Crippen LogP contribution in [0.3, 0.4) is 0 Å². The highest BCUT2D eigenvalue weighted by Gasteiger charge is 2.39. The number of hydrogen-bond donors (Lipinski definition) is 0. The zero-order chi connectivity index (χ0) is 11.2. The summed E-state index contributed by atoms with van der Waals surface area (Å²) >= 11 is 0. The summed E-state index contributed by atoms with van der Waals surface area (Å²) in [7, 11) is 4.42. The number of methoxy groups -OCH3 is 1. The van der Waals surface area contributed by atoms with Gasteiger partial charge < -0.3 is 14.3 Å². The fourth-order valence-electron chi connectivity index (χ4n) is 1.61. The monoisotopic (exact) mass is 198 g/mol. The Morgan fingerprint density at radius 2 is 2.00 bits per heavy atom. The summed E-state index contributed by atoms with van der Waals surface area (Å²) in [5, 5.41) is 0. The molecule has 0 N–H and O–H groups in total. The highest BCUT2D eigenvalue weighted by molar-refractivity contribution is 6.64. The minimum Gasteiger partial charge on any atom is -0.468 e. The van der Waals surface area contributed by atoms with Crippen molar-refractivity contribution in [3.8, 4) is 0 Å². The second-order valence-corrected chi connectivity index (χ2v) is 3.13. The number of likely N-dealkylation sites (N-methyl/N-ethyl adjacent to an activating group) is 1. The first-order valence-electron chi connectivity index (χ1n) is 4.69. The maximum absolute atomic E-state index is 11.6. The van der Waals surface area contributed by atoms with Gasteiger partial charge >= 0.3 is 5.97 Å². The normalized spacial score (nSPS) is 11.2. The standard InChI is InChI=1S/C9H17BNO3/c1-5-9(6-2,8(13)14-4)11(3)10-7-12/h7H,5-6H2,1-4H3. The average Bonchev–Trinajstić information content (AvgIpc) is 2.20. The average molecular weight is 198 g/mol. The summed E-state index contributed by atoms with van der Waals surface area (Å²) in [6.45, 7) is 3.80. The lowest BCUT2D eigenvalue weighted by Crippen LogP contribution is -2.54. The van der Waals surface area contributed by atoms with Gasteiger partial charge in [-0.25, -0.2) is 0 Å². The molecule has 0 heterocycles. The van der Waals surface area contributed by atoms with Gasteiger partial charge in [-0.1, -0.05) is 13.8 Å². The first kappa shape index (κ1) is 13.2. The minimum atomic E-state index is -0.713. The fraction of sp³-hybridized carbons (Fsp3) is 0.778. The van der Waals surface area contributed by atoms with Crippen molar-refractivity contribution < 1.29 is 14.3 Å². The quantitative estimate of drug-likeness (QED) is 0.353. The molecule has 0 aliphatic rings. The van der Waals surface area contributed by atoms with E-state index < -0.39 is 5.54 Å². The Labute approximate surface area is 85.9 Å². The maximum Gasteiger partial charge on any atom is 0.325 e. The van der Waals surface area contributed by atoms with Crippen LogP contribution in [0.5, 0.6) is 0 Å². The summed E-state index contributed by atoms with van der Waals surface area (Å²) in [4.78, 5) is 23.6. The van der Waals surface area contributed by atoms with E-state index in [9.17, 15) is 9.59 Å². The molecule has 0 saturated carbocycles. The van der Waals surface area contributed by atoms with E-state index in [-0.39, 0.29) is 5.97 Å². The topological polar surface area (TPSA) is 46.6 Å². The Balaban J connectivity index is 4.84. The van der Waals surface area contributed by atoms with Gasteiger partial charge in [-0.3, -0.25) is 4.79 Å². The third-order valence-electron chi connectivity index (χ3n) is 2.69. The van der Waals surface area contributed by atoms with E-state index in [1.165, 1.54) is 14.5 Å². The van der Waals surface area contributed by atoms with Gasteiger partial charge in [0.25, 0.3) is 7.41 Å². The molecule has 0 aromatic rings. The van der Waals surface area contributed by atoms with E-state index >= 15 is 0 Å². The number of ether oxygens (including phenoxy) is 1. The second-order valence-electron chi connectivity index (χ2n) is 3.13. The van der Waals surface area contributed by atoms with E-state index in [1.807, 2.05) is 13.8 Å². The van der Waals surface area contributed by atoms with Gasteiger partial charge in [0, 0.05) is 0 Å². The number of carbonyl (C=O) groups excluding carboxylic acids is 2. The van der Waals surface area contributed by atoms with Gasteiger partial charge in [0.15, 0.2) is 0 Å². The first-order valence-corrected chi connectivity index (χ1v) is 4.69. The molecule has 0 aromatic heterocycles. The number of carbonyl (C=O) groups is 2. The molecule has 0 aliphatic heterocycles. The van der Waals surface area contributed by atoms with E-state index in [4.69, 9.17) is 4.74 Å². The molecule has 0 fully saturated rings.